The molecule has 2 aromatic carbocycles. The number of rotatable bonds is 4. The maximum Gasteiger partial charge on any atom is 0.407 e. The summed E-state index contributed by atoms with van der Waals surface area (Å²) >= 11 is 0. The summed E-state index contributed by atoms with van der Waals surface area (Å²) < 4.78 is 4.94. The topological polar surface area (TPSA) is 79.2 Å². The molecule has 6 nitrogen and oxygen atoms in total. The maximum absolute atomic E-state index is 12.3. The van der Waals surface area contributed by atoms with Crippen LogP contribution >= 0.6 is 0 Å². The van der Waals surface area contributed by atoms with Gasteiger partial charge in [-0.3, -0.25) is 9.79 Å². The van der Waals surface area contributed by atoms with Crippen molar-refractivity contribution in [1.29, 1.82) is 0 Å². The highest BCUT2D eigenvalue weighted by atomic mass is 16.5. The lowest BCUT2D eigenvalue weighted by atomic mass is 9.79. The molecule has 2 unspecified atom stereocenters. The average Bonchev–Trinajstić information content (AvgIpc) is 2.72. The summed E-state index contributed by atoms with van der Waals surface area (Å²) in [6.07, 6.45) is -0.636. The molecule has 1 heterocycles. The van der Waals surface area contributed by atoms with Crippen LogP contribution in [-0.4, -0.2) is 54.0 Å². The number of carbonyl (C=O) groups excluding carboxylic acids is 1. The van der Waals surface area contributed by atoms with E-state index < -0.39 is 17.5 Å². The van der Waals surface area contributed by atoms with E-state index in [1.807, 2.05) is 60.7 Å². The molecule has 3 rings (SSSR count). The van der Waals surface area contributed by atoms with Gasteiger partial charge >= 0.3 is 12.1 Å². The summed E-state index contributed by atoms with van der Waals surface area (Å²) in [5, 5.41) is 9.54. The predicted molar refractivity (Wildman–Crippen MR) is 107 cm³/mol. The molecule has 2 atom stereocenters. The maximum atomic E-state index is 12.3. The standard InChI is InChI=1S/C22H24N2O4/c1-22(20(25)28-2)13-18(14-24(15-22)21(26)27)23-19(16-9-5-3-6-10-16)17-11-7-4-8-12-17/h3-12,18H,13-15H2,1-2H3,(H,26,27). The molecule has 28 heavy (non-hydrogen) atoms. The van der Waals surface area contributed by atoms with Crippen LogP contribution in [0.15, 0.2) is 65.7 Å². The first kappa shape index (κ1) is 19.6. The molecule has 0 saturated carbocycles. The number of hydrogen-bond acceptors (Lipinski definition) is 4. The van der Waals surface area contributed by atoms with Crippen molar-refractivity contribution in [1.82, 2.24) is 4.90 Å². The molecule has 6 heteroatoms. The number of benzene rings is 2. The normalized spacial score (nSPS) is 21.6. The van der Waals surface area contributed by atoms with Crippen LogP contribution in [0.5, 0.6) is 0 Å². The lowest BCUT2D eigenvalue weighted by molar-refractivity contribution is -0.154. The van der Waals surface area contributed by atoms with E-state index in [0.717, 1.165) is 16.8 Å². The highest BCUT2D eigenvalue weighted by Gasteiger charge is 2.44. The zero-order valence-electron chi connectivity index (χ0n) is 16.0. The van der Waals surface area contributed by atoms with Crippen LogP contribution < -0.4 is 0 Å². The van der Waals surface area contributed by atoms with Gasteiger partial charge in [-0.2, -0.15) is 0 Å². The van der Waals surface area contributed by atoms with Gasteiger partial charge in [0, 0.05) is 24.2 Å². The second-order valence-electron chi connectivity index (χ2n) is 7.28. The third kappa shape index (κ3) is 4.22. The van der Waals surface area contributed by atoms with Crippen molar-refractivity contribution in [3.05, 3.63) is 71.8 Å². The Morgan fingerprint density at radius 3 is 2.07 bits per heavy atom. The molecule has 0 aromatic heterocycles. The number of aliphatic imine (C=N–C) groups is 1. The summed E-state index contributed by atoms with van der Waals surface area (Å²) in [5.41, 5.74) is 1.74. The van der Waals surface area contributed by atoms with Crippen LogP contribution in [0.3, 0.4) is 0 Å². The number of amides is 1. The minimum atomic E-state index is -1.06. The number of carbonyl (C=O) groups is 2. The largest absolute Gasteiger partial charge is 0.469 e. The van der Waals surface area contributed by atoms with Gasteiger partial charge in [-0.25, -0.2) is 4.79 Å². The first-order valence-electron chi connectivity index (χ1n) is 9.18. The van der Waals surface area contributed by atoms with E-state index in [2.05, 4.69) is 0 Å². The zero-order chi connectivity index (χ0) is 20.1. The van der Waals surface area contributed by atoms with Crippen LogP contribution in [-0.2, 0) is 9.53 Å². The van der Waals surface area contributed by atoms with Gasteiger partial charge < -0.3 is 14.7 Å². The Hall–Kier alpha value is -3.15. The van der Waals surface area contributed by atoms with Gasteiger partial charge in [0.15, 0.2) is 0 Å². The molecule has 0 radical (unpaired) electrons. The number of hydrogen-bond donors (Lipinski definition) is 1. The highest BCUT2D eigenvalue weighted by Crippen LogP contribution is 2.33. The molecule has 1 aliphatic heterocycles. The van der Waals surface area contributed by atoms with Crippen molar-refractivity contribution in [3.8, 4) is 0 Å². The predicted octanol–water partition coefficient (Wildman–Crippen LogP) is 3.46. The fraction of sp³-hybridized carbons (Fsp3) is 0.318. The Labute approximate surface area is 164 Å². The Morgan fingerprint density at radius 2 is 1.61 bits per heavy atom. The molecule has 1 saturated heterocycles. The fourth-order valence-electron chi connectivity index (χ4n) is 3.71. The lowest BCUT2D eigenvalue weighted by Gasteiger charge is -2.40. The molecular weight excluding hydrogens is 356 g/mol. The Morgan fingerprint density at radius 1 is 1.07 bits per heavy atom. The monoisotopic (exact) mass is 380 g/mol. The van der Waals surface area contributed by atoms with Crippen LogP contribution in [0, 0.1) is 5.41 Å². The van der Waals surface area contributed by atoms with Crippen molar-refractivity contribution < 1.29 is 19.4 Å². The number of methoxy groups -OCH3 is 1. The molecule has 1 N–H and O–H groups in total. The number of ether oxygens (including phenoxy) is 1. The van der Waals surface area contributed by atoms with Crippen LogP contribution in [0.2, 0.25) is 0 Å². The average molecular weight is 380 g/mol. The number of likely N-dealkylation sites (tertiary alicyclic amines) is 1. The minimum absolute atomic E-state index is 0.104. The third-order valence-corrected chi connectivity index (χ3v) is 5.01. The van der Waals surface area contributed by atoms with Gasteiger partial charge in [0.25, 0.3) is 0 Å². The molecule has 2 aromatic rings. The molecule has 146 valence electrons. The molecule has 1 fully saturated rings. The van der Waals surface area contributed by atoms with E-state index in [1.54, 1.807) is 6.92 Å². The van der Waals surface area contributed by atoms with Crippen molar-refractivity contribution in [3.63, 3.8) is 0 Å². The first-order valence-corrected chi connectivity index (χ1v) is 9.18. The minimum Gasteiger partial charge on any atom is -0.469 e. The van der Waals surface area contributed by atoms with Gasteiger partial charge in [0.05, 0.1) is 24.3 Å². The Kier molecular flexibility index (Phi) is 5.78. The summed E-state index contributed by atoms with van der Waals surface area (Å²) in [5.74, 6) is -0.417. The van der Waals surface area contributed by atoms with E-state index in [0.29, 0.717) is 6.42 Å². The second-order valence-corrected chi connectivity index (χ2v) is 7.28. The van der Waals surface area contributed by atoms with Crippen molar-refractivity contribution in [2.75, 3.05) is 20.2 Å². The smallest absolute Gasteiger partial charge is 0.407 e. The van der Waals surface area contributed by atoms with Gasteiger partial charge in [-0.1, -0.05) is 60.7 Å². The van der Waals surface area contributed by atoms with Gasteiger partial charge in [-0.05, 0) is 13.3 Å². The molecular formula is C22H24N2O4. The Balaban J connectivity index is 2.03. The zero-order valence-corrected chi connectivity index (χ0v) is 16.0. The summed E-state index contributed by atoms with van der Waals surface area (Å²) in [6, 6.07) is 19.2. The SMILES string of the molecule is COC(=O)C1(C)CC(N=C(c2ccccc2)c2ccccc2)CN(C(=O)O)C1. The first-order chi connectivity index (χ1) is 13.4. The van der Waals surface area contributed by atoms with Gasteiger partial charge in [0.2, 0.25) is 0 Å². The van der Waals surface area contributed by atoms with Crippen molar-refractivity contribution >= 4 is 17.8 Å². The molecule has 0 aliphatic carbocycles. The van der Waals surface area contributed by atoms with Crippen molar-refractivity contribution in [2.45, 2.75) is 19.4 Å². The second kappa shape index (κ2) is 8.25. The van der Waals surface area contributed by atoms with Gasteiger partial charge in [0.1, 0.15) is 0 Å². The van der Waals surface area contributed by atoms with E-state index in [1.165, 1.54) is 12.0 Å². The quantitative estimate of drug-likeness (QED) is 0.651. The highest BCUT2D eigenvalue weighted by molar-refractivity contribution is 6.13. The Bertz CT molecular complexity index is 825. The molecule has 0 spiro atoms. The number of nitrogens with zero attached hydrogens (tertiary/aromatic N) is 2. The molecule has 0 bridgehead atoms. The van der Waals surface area contributed by atoms with Gasteiger partial charge in [-0.15, -0.1) is 0 Å². The summed E-state index contributed by atoms with van der Waals surface area (Å²) in [7, 11) is 1.32. The number of esters is 1. The van der Waals surface area contributed by atoms with Crippen LogP contribution in [0.1, 0.15) is 24.5 Å². The fourth-order valence-corrected chi connectivity index (χ4v) is 3.71. The van der Waals surface area contributed by atoms with Crippen LogP contribution in [0.4, 0.5) is 4.79 Å². The van der Waals surface area contributed by atoms with E-state index in [4.69, 9.17) is 9.73 Å². The number of piperidine rings is 1. The molecule has 1 aliphatic rings. The summed E-state index contributed by atoms with van der Waals surface area (Å²) in [4.78, 5) is 30.2. The van der Waals surface area contributed by atoms with E-state index >= 15 is 0 Å². The van der Waals surface area contributed by atoms with Crippen LogP contribution in [0.25, 0.3) is 0 Å². The lowest BCUT2D eigenvalue weighted by Crippen LogP contribution is -2.53. The number of carboxylic acid groups (broad SMARTS) is 1. The van der Waals surface area contributed by atoms with E-state index in [-0.39, 0.29) is 19.1 Å². The van der Waals surface area contributed by atoms with Crippen molar-refractivity contribution in [2.24, 2.45) is 10.4 Å². The van der Waals surface area contributed by atoms with E-state index in [9.17, 15) is 14.7 Å². The molecule has 1 amide bonds. The summed E-state index contributed by atoms with van der Waals surface area (Å²) in [6.45, 7) is 2.08. The third-order valence-electron chi connectivity index (χ3n) is 5.01.